The zero-order valence-electron chi connectivity index (χ0n) is 23.3. The van der Waals surface area contributed by atoms with E-state index < -0.39 is 8.07 Å². The van der Waals surface area contributed by atoms with Gasteiger partial charge in [-0.25, -0.2) is 4.68 Å². The van der Waals surface area contributed by atoms with Crippen LogP contribution in [0.4, 0.5) is 0 Å². The number of amides is 1. The summed E-state index contributed by atoms with van der Waals surface area (Å²) in [5, 5.41) is 8.65. The molecule has 2 aromatic carbocycles. The number of carbonyl (C=O) groups excluding carboxylic acids is 2. The van der Waals surface area contributed by atoms with Crippen molar-refractivity contribution < 1.29 is 14.3 Å². The van der Waals surface area contributed by atoms with Crippen molar-refractivity contribution in [2.24, 2.45) is 0 Å². The third-order valence-electron chi connectivity index (χ3n) is 7.35. The summed E-state index contributed by atoms with van der Waals surface area (Å²) in [6.07, 6.45) is 2.19. The molecule has 0 bridgehead atoms. The lowest BCUT2D eigenvalue weighted by atomic mass is 9.93. The lowest BCUT2D eigenvalue weighted by Crippen LogP contribution is -2.29. The van der Waals surface area contributed by atoms with E-state index in [2.05, 4.69) is 34.9 Å². The second kappa shape index (κ2) is 10.8. The molecule has 0 saturated carbocycles. The smallest absolute Gasteiger partial charge is 0.255 e. The average Bonchev–Trinajstić information content (AvgIpc) is 3.41. The molecule has 9 heteroatoms. The number of hydrogen-bond donors (Lipinski definition) is 0. The Labute approximate surface area is 230 Å². The van der Waals surface area contributed by atoms with Crippen LogP contribution in [0.15, 0.2) is 54.7 Å². The molecule has 1 amide bonds. The first-order chi connectivity index (χ1) is 18.6. The Morgan fingerprint density at radius 3 is 2.67 bits per heavy atom. The van der Waals surface area contributed by atoms with Gasteiger partial charge in [0.15, 0.2) is 5.78 Å². The summed E-state index contributed by atoms with van der Waals surface area (Å²) in [5.41, 5.74) is 6.67. The average molecular weight is 542 g/mol. The molecule has 4 aromatic rings. The van der Waals surface area contributed by atoms with Crippen LogP contribution in [-0.2, 0) is 24.4 Å². The number of fused-ring (bicyclic) bond motifs is 2. The van der Waals surface area contributed by atoms with Crippen molar-refractivity contribution in [1.82, 2.24) is 24.9 Å². The molecule has 3 heterocycles. The van der Waals surface area contributed by atoms with Crippen LogP contribution in [0.25, 0.3) is 11.0 Å². The highest BCUT2D eigenvalue weighted by atomic mass is 28.3. The van der Waals surface area contributed by atoms with Crippen LogP contribution in [0.5, 0.6) is 0 Å². The molecular formula is C30H35N5O3Si. The number of rotatable bonds is 10. The Balaban J connectivity index is 1.39. The van der Waals surface area contributed by atoms with Gasteiger partial charge in [-0.1, -0.05) is 49.1 Å². The minimum Gasteiger partial charge on any atom is -0.359 e. The van der Waals surface area contributed by atoms with Gasteiger partial charge in [-0.3, -0.25) is 14.6 Å². The Kier molecular flexibility index (Phi) is 7.46. The SMILES string of the molecule is CC(=O)c1nccc(C)c1CC1c2ccccc2C(=O)N1Cc1ccc2c(c1)nnn2COCC[Si](C)(C)C. The molecule has 5 rings (SSSR count). The van der Waals surface area contributed by atoms with E-state index in [0.717, 1.165) is 45.9 Å². The minimum absolute atomic E-state index is 0.0129. The molecule has 0 N–H and O–H groups in total. The van der Waals surface area contributed by atoms with Crippen molar-refractivity contribution in [3.05, 3.63) is 88.2 Å². The number of aryl methyl sites for hydroxylation is 1. The van der Waals surface area contributed by atoms with E-state index in [9.17, 15) is 9.59 Å². The zero-order chi connectivity index (χ0) is 27.7. The standard InChI is InChI=1S/C30H35N5O3Si/c1-20-12-13-31-29(21(2)36)25(20)17-28-23-8-6-7-9-24(23)30(37)34(28)18-22-10-11-27-26(16-22)32-33-35(27)19-38-14-15-39(3,4)5/h6-13,16,28H,14-15,17-19H2,1-5H3. The van der Waals surface area contributed by atoms with Gasteiger partial charge in [0.25, 0.3) is 5.91 Å². The maximum Gasteiger partial charge on any atom is 0.255 e. The van der Waals surface area contributed by atoms with Crippen LogP contribution >= 0.6 is 0 Å². The normalized spacial score (nSPS) is 15.3. The number of carbonyl (C=O) groups is 2. The van der Waals surface area contributed by atoms with Crippen molar-refractivity contribution in [1.29, 1.82) is 0 Å². The molecule has 1 aliphatic rings. The highest BCUT2D eigenvalue weighted by molar-refractivity contribution is 6.76. The molecule has 0 spiro atoms. The third kappa shape index (κ3) is 5.69. The largest absolute Gasteiger partial charge is 0.359 e. The fourth-order valence-electron chi connectivity index (χ4n) is 5.13. The second-order valence-corrected chi connectivity index (χ2v) is 17.1. The van der Waals surface area contributed by atoms with Crippen molar-refractivity contribution in [2.75, 3.05) is 6.61 Å². The van der Waals surface area contributed by atoms with E-state index in [-0.39, 0.29) is 17.7 Å². The third-order valence-corrected chi connectivity index (χ3v) is 9.05. The van der Waals surface area contributed by atoms with Crippen LogP contribution in [0, 0.1) is 6.92 Å². The summed E-state index contributed by atoms with van der Waals surface area (Å²) in [6.45, 7) is 12.0. The van der Waals surface area contributed by atoms with Gasteiger partial charge in [-0.2, -0.15) is 0 Å². The van der Waals surface area contributed by atoms with Gasteiger partial charge in [-0.15, -0.1) is 5.10 Å². The highest BCUT2D eigenvalue weighted by Crippen LogP contribution is 2.38. The molecule has 0 aliphatic carbocycles. The molecule has 2 aromatic heterocycles. The monoisotopic (exact) mass is 541 g/mol. The molecule has 1 aliphatic heterocycles. The van der Waals surface area contributed by atoms with Crippen molar-refractivity contribution in [3.8, 4) is 0 Å². The number of nitrogens with zero attached hydrogens (tertiary/aromatic N) is 5. The van der Waals surface area contributed by atoms with E-state index in [1.165, 1.54) is 6.92 Å². The van der Waals surface area contributed by atoms with Gasteiger partial charge < -0.3 is 9.64 Å². The lowest BCUT2D eigenvalue weighted by Gasteiger charge is -2.27. The van der Waals surface area contributed by atoms with Crippen LogP contribution < -0.4 is 0 Å². The predicted molar refractivity (Wildman–Crippen MR) is 153 cm³/mol. The highest BCUT2D eigenvalue weighted by Gasteiger charge is 2.37. The molecule has 8 nitrogen and oxygen atoms in total. The summed E-state index contributed by atoms with van der Waals surface area (Å²) in [4.78, 5) is 32.2. The van der Waals surface area contributed by atoms with Crippen molar-refractivity contribution in [3.63, 3.8) is 0 Å². The minimum atomic E-state index is -1.15. The predicted octanol–water partition coefficient (Wildman–Crippen LogP) is 5.59. The van der Waals surface area contributed by atoms with Crippen molar-refractivity contribution in [2.45, 2.75) is 65.3 Å². The van der Waals surface area contributed by atoms with Crippen LogP contribution in [0.1, 0.15) is 56.1 Å². The Hall–Kier alpha value is -3.69. The fourth-order valence-corrected chi connectivity index (χ4v) is 5.89. The quantitative estimate of drug-likeness (QED) is 0.148. The molecule has 39 heavy (non-hydrogen) atoms. The molecular weight excluding hydrogens is 506 g/mol. The number of Topliss-reactive ketones (excluding diaryl/α,β-unsaturated/α-hetero) is 1. The van der Waals surface area contributed by atoms with Gasteiger partial charge >= 0.3 is 0 Å². The molecule has 0 fully saturated rings. The molecule has 202 valence electrons. The first kappa shape index (κ1) is 26.9. The number of hydrogen-bond acceptors (Lipinski definition) is 6. The first-order valence-electron chi connectivity index (χ1n) is 13.4. The van der Waals surface area contributed by atoms with E-state index >= 15 is 0 Å². The number of ether oxygens (including phenoxy) is 1. The Morgan fingerprint density at radius 1 is 1.10 bits per heavy atom. The molecule has 0 saturated heterocycles. The Morgan fingerprint density at radius 2 is 1.90 bits per heavy atom. The molecule has 1 unspecified atom stereocenters. The maximum absolute atomic E-state index is 13.6. The van der Waals surface area contributed by atoms with E-state index in [0.29, 0.717) is 31.0 Å². The van der Waals surface area contributed by atoms with Gasteiger partial charge in [0, 0.05) is 39.9 Å². The van der Waals surface area contributed by atoms with Crippen LogP contribution in [0.3, 0.4) is 0 Å². The summed E-state index contributed by atoms with van der Waals surface area (Å²) < 4.78 is 7.65. The fraction of sp³-hybridized carbons (Fsp3) is 0.367. The summed E-state index contributed by atoms with van der Waals surface area (Å²) >= 11 is 0. The van der Waals surface area contributed by atoms with Gasteiger partial charge in [0.1, 0.15) is 17.9 Å². The first-order valence-corrected chi connectivity index (χ1v) is 17.1. The maximum atomic E-state index is 13.6. The van der Waals surface area contributed by atoms with E-state index in [1.807, 2.05) is 60.4 Å². The molecule has 1 atom stereocenters. The van der Waals surface area contributed by atoms with Gasteiger partial charge in [0.05, 0.1) is 11.6 Å². The Bertz CT molecular complexity index is 1540. The number of ketones is 1. The number of aromatic nitrogens is 4. The van der Waals surface area contributed by atoms with Crippen LogP contribution in [-0.4, -0.2) is 51.2 Å². The second-order valence-electron chi connectivity index (χ2n) is 11.5. The van der Waals surface area contributed by atoms with Gasteiger partial charge in [0.2, 0.25) is 0 Å². The number of pyridine rings is 1. The molecule has 0 radical (unpaired) electrons. The van der Waals surface area contributed by atoms with E-state index in [1.54, 1.807) is 10.9 Å². The topological polar surface area (TPSA) is 90.2 Å². The lowest BCUT2D eigenvalue weighted by molar-refractivity contribution is 0.0709. The van der Waals surface area contributed by atoms with Gasteiger partial charge in [-0.05, 0) is 65.9 Å². The van der Waals surface area contributed by atoms with E-state index in [4.69, 9.17) is 4.74 Å². The van der Waals surface area contributed by atoms with Crippen LogP contribution in [0.2, 0.25) is 25.7 Å². The zero-order valence-corrected chi connectivity index (χ0v) is 24.3. The summed E-state index contributed by atoms with van der Waals surface area (Å²) in [6, 6.07) is 16.6. The van der Waals surface area contributed by atoms with Crippen molar-refractivity contribution >= 4 is 30.8 Å². The summed E-state index contributed by atoms with van der Waals surface area (Å²) in [7, 11) is -1.15. The summed E-state index contributed by atoms with van der Waals surface area (Å²) in [5.74, 6) is -0.0862. The number of benzene rings is 2.